The molecule has 1 heterocycles. The Morgan fingerprint density at radius 2 is 2.05 bits per heavy atom. The monoisotopic (exact) mass is 268 g/mol. The molecule has 1 aromatic heterocycles. The van der Waals surface area contributed by atoms with Crippen LogP contribution in [0, 0.1) is 0 Å². The Balaban J connectivity index is 2.15. The van der Waals surface area contributed by atoms with E-state index in [1.54, 1.807) is 4.57 Å². The lowest BCUT2D eigenvalue weighted by Gasteiger charge is -2.07. The van der Waals surface area contributed by atoms with Gasteiger partial charge in [0.1, 0.15) is 0 Å². The molecule has 3 N–H and O–H groups in total. The van der Waals surface area contributed by atoms with Crippen molar-refractivity contribution in [2.75, 3.05) is 13.1 Å². The lowest BCUT2D eigenvalue weighted by atomic mass is 10.2. The third-order valence-corrected chi connectivity index (χ3v) is 2.57. The van der Waals surface area contributed by atoms with E-state index in [1.165, 1.54) is 12.5 Å². The van der Waals surface area contributed by atoms with Gasteiger partial charge in [-0.2, -0.15) is 0 Å². The van der Waals surface area contributed by atoms with E-state index >= 15 is 0 Å². The number of hydrogen-bond acceptors (Lipinski definition) is 3. The van der Waals surface area contributed by atoms with Crippen LogP contribution in [0.5, 0.6) is 0 Å². The second-order valence-electron chi connectivity index (χ2n) is 4.19. The maximum Gasteiger partial charge on any atom is 0.356 e. The lowest BCUT2D eigenvalue weighted by Crippen LogP contribution is -2.37. The van der Waals surface area contributed by atoms with Gasteiger partial charge in [0.25, 0.3) is 0 Å². The van der Waals surface area contributed by atoms with Crippen molar-refractivity contribution in [2.45, 2.75) is 32.7 Å². The summed E-state index contributed by atoms with van der Waals surface area (Å²) >= 11 is 0. The van der Waals surface area contributed by atoms with Gasteiger partial charge >= 0.3 is 12.0 Å². The molecule has 0 spiro atoms. The van der Waals surface area contributed by atoms with Gasteiger partial charge in [-0.1, -0.05) is 19.8 Å². The maximum absolute atomic E-state index is 11.4. The topological polar surface area (TPSA) is 96.3 Å². The summed E-state index contributed by atoms with van der Waals surface area (Å²) in [6.45, 7) is 3.70. The fourth-order valence-electron chi connectivity index (χ4n) is 1.53. The summed E-state index contributed by atoms with van der Waals surface area (Å²) in [7, 11) is 0. The number of carbonyl (C=O) groups excluding carboxylic acids is 1. The number of amides is 2. The number of aromatic carboxylic acids is 1. The molecule has 0 aliphatic heterocycles. The van der Waals surface area contributed by atoms with Crippen LogP contribution < -0.4 is 10.6 Å². The molecular weight excluding hydrogens is 248 g/mol. The van der Waals surface area contributed by atoms with Crippen molar-refractivity contribution < 1.29 is 14.7 Å². The zero-order chi connectivity index (χ0) is 14.1. The fourth-order valence-corrected chi connectivity index (χ4v) is 1.53. The summed E-state index contributed by atoms with van der Waals surface area (Å²) in [5.41, 5.74) is 0.00372. The molecule has 0 saturated carbocycles. The number of nitrogens with zero attached hydrogens (tertiary/aromatic N) is 2. The number of hydrogen-bond donors (Lipinski definition) is 3. The van der Waals surface area contributed by atoms with Crippen LogP contribution in [0.15, 0.2) is 12.5 Å². The van der Waals surface area contributed by atoms with Crippen LogP contribution in [-0.2, 0) is 6.54 Å². The second-order valence-corrected chi connectivity index (χ2v) is 4.19. The Bertz CT molecular complexity index is 417. The highest BCUT2D eigenvalue weighted by molar-refractivity contribution is 5.84. The van der Waals surface area contributed by atoms with E-state index < -0.39 is 5.97 Å². The molecule has 0 aromatic carbocycles. The van der Waals surface area contributed by atoms with Crippen LogP contribution in [0.4, 0.5) is 4.79 Å². The van der Waals surface area contributed by atoms with Crippen molar-refractivity contribution in [1.29, 1.82) is 0 Å². The maximum atomic E-state index is 11.4. The SMILES string of the molecule is CCCCCNC(=O)NCCn1cnc(C(=O)O)c1. The van der Waals surface area contributed by atoms with Crippen molar-refractivity contribution in [3.63, 3.8) is 0 Å². The number of nitrogens with one attached hydrogen (secondary N) is 2. The fraction of sp³-hybridized carbons (Fsp3) is 0.583. The molecule has 0 atom stereocenters. The zero-order valence-electron chi connectivity index (χ0n) is 11.1. The van der Waals surface area contributed by atoms with Crippen molar-refractivity contribution in [3.05, 3.63) is 18.2 Å². The molecule has 2 amide bonds. The molecule has 0 aliphatic rings. The Morgan fingerprint density at radius 1 is 1.32 bits per heavy atom. The van der Waals surface area contributed by atoms with Crippen LogP contribution in [0.2, 0.25) is 0 Å². The minimum absolute atomic E-state index is 0.00372. The van der Waals surface area contributed by atoms with Crippen molar-refractivity contribution >= 4 is 12.0 Å². The minimum atomic E-state index is -1.06. The largest absolute Gasteiger partial charge is 0.476 e. The Hall–Kier alpha value is -2.05. The highest BCUT2D eigenvalue weighted by Crippen LogP contribution is 1.95. The number of carboxylic acid groups (broad SMARTS) is 1. The third kappa shape index (κ3) is 5.89. The molecule has 0 aliphatic carbocycles. The highest BCUT2D eigenvalue weighted by Gasteiger charge is 2.06. The summed E-state index contributed by atoms with van der Waals surface area (Å²) in [6.07, 6.45) is 6.07. The number of carbonyl (C=O) groups is 2. The van der Waals surface area contributed by atoms with Crippen molar-refractivity contribution in [3.8, 4) is 0 Å². The molecular formula is C12H20N4O3. The molecule has 106 valence electrons. The molecule has 1 aromatic rings. The standard InChI is InChI=1S/C12H20N4O3/c1-2-3-4-5-13-12(19)14-6-7-16-8-10(11(17)18)15-9-16/h8-9H,2-7H2,1H3,(H,17,18)(H2,13,14,19). The molecule has 19 heavy (non-hydrogen) atoms. The molecule has 1 rings (SSSR count). The number of carboxylic acids is 1. The predicted molar refractivity (Wildman–Crippen MR) is 70.1 cm³/mol. The van der Waals surface area contributed by atoms with Gasteiger partial charge in [0.05, 0.1) is 6.33 Å². The summed E-state index contributed by atoms with van der Waals surface area (Å²) in [6, 6.07) is -0.199. The van der Waals surface area contributed by atoms with Gasteiger partial charge in [-0.15, -0.1) is 0 Å². The Morgan fingerprint density at radius 3 is 2.68 bits per heavy atom. The molecule has 7 heteroatoms. The van der Waals surface area contributed by atoms with Gasteiger partial charge < -0.3 is 20.3 Å². The first-order chi connectivity index (χ1) is 9.13. The normalized spacial score (nSPS) is 10.2. The smallest absolute Gasteiger partial charge is 0.356 e. The van der Waals surface area contributed by atoms with E-state index in [4.69, 9.17) is 5.11 Å². The van der Waals surface area contributed by atoms with E-state index in [0.717, 1.165) is 19.3 Å². The molecule has 7 nitrogen and oxygen atoms in total. The van der Waals surface area contributed by atoms with Gasteiger partial charge in [-0.3, -0.25) is 0 Å². The van der Waals surface area contributed by atoms with E-state index in [0.29, 0.717) is 19.6 Å². The highest BCUT2D eigenvalue weighted by atomic mass is 16.4. The molecule has 0 bridgehead atoms. The van der Waals surface area contributed by atoms with Crippen LogP contribution in [-0.4, -0.2) is 39.7 Å². The first-order valence-electron chi connectivity index (χ1n) is 6.40. The van der Waals surface area contributed by atoms with Gasteiger partial charge in [0.2, 0.25) is 0 Å². The Labute approximate surface area is 112 Å². The first kappa shape index (κ1) is 15.0. The van der Waals surface area contributed by atoms with Crippen LogP contribution in [0.3, 0.4) is 0 Å². The predicted octanol–water partition coefficient (Wildman–Crippen LogP) is 1.07. The van der Waals surface area contributed by atoms with E-state index in [9.17, 15) is 9.59 Å². The van der Waals surface area contributed by atoms with Crippen LogP contribution in [0.1, 0.15) is 36.7 Å². The Kier molecular flexibility index (Phi) is 6.42. The second kappa shape index (κ2) is 8.12. The van der Waals surface area contributed by atoms with Crippen molar-refractivity contribution in [2.24, 2.45) is 0 Å². The van der Waals surface area contributed by atoms with Gasteiger partial charge in [0, 0.05) is 25.8 Å². The summed E-state index contributed by atoms with van der Waals surface area (Å²) in [5, 5.41) is 14.2. The number of unbranched alkanes of at least 4 members (excludes halogenated alkanes) is 2. The van der Waals surface area contributed by atoms with Crippen LogP contribution >= 0.6 is 0 Å². The third-order valence-electron chi connectivity index (χ3n) is 2.57. The van der Waals surface area contributed by atoms with Gasteiger partial charge in [0.15, 0.2) is 5.69 Å². The molecule has 0 unspecified atom stereocenters. The number of imidazole rings is 1. The molecule has 0 fully saturated rings. The number of urea groups is 1. The lowest BCUT2D eigenvalue weighted by molar-refractivity contribution is 0.0691. The minimum Gasteiger partial charge on any atom is -0.476 e. The van der Waals surface area contributed by atoms with Crippen LogP contribution in [0.25, 0.3) is 0 Å². The van der Waals surface area contributed by atoms with Crippen molar-refractivity contribution in [1.82, 2.24) is 20.2 Å². The summed E-state index contributed by atoms with van der Waals surface area (Å²) in [5.74, 6) is -1.06. The van der Waals surface area contributed by atoms with Gasteiger partial charge in [-0.25, -0.2) is 14.6 Å². The molecule has 0 saturated heterocycles. The summed E-state index contributed by atoms with van der Waals surface area (Å²) < 4.78 is 1.63. The van der Waals surface area contributed by atoms with E-state index in [2.05, 4.69) is 22.5 Å². The number of rotatable bonds is 8. The average molecular weight is 268 g/mol. The van der Waals surface area contributed by atoms with Gasteiger partial charge in [-0.05, 0) is 6.42 Å². The first-order valence-corrected chi connectivity index (χ1v) is 6.40. The average Bonchev–Trinajstić information content (AvgIpc) is 2.84. The van der Waals surface area contributed by atoms with E-state index in [-0.39, 0.29) is 11.7 Å². The van der Waals surface area contributed by atoms with E-state index in [1.807, 2.05) is 0 Å². The summed E-state index contributed by atoms with van der Waals surface area (Å²) in [4.78, 5) is 25.7. The zero-order valence-corrected chi connectivity index (χ0v) is 11.1. The quantitative estimate of drug-likeness (QED) is 0.614. The number of aromatic nitrogens is 2. The molecule has 0 radical (unpaired) electrons.